The normalized spacial score (nSPS) is 21.1. The summed E-state index contributed by atoms with van der Waals surface area (Å²) in [7, 11) is 0. The molecule has 0 aliphatic heterocycles. The van der Waals surface area contributed by atoms with E-state index in [4.69, 9.17) is 4.74 Å². The maximum Gasteiger partial charge on any atom is 0.428 e. The smallest absolute Gasteiger partial charge is 0.428 e. The Hall–Kier alpha value is -0.740. The first-order chi connectivity index (χ1) is 7.58. The first-order valence-electron chi connectivity index (χ1n) is 5.89. The lowest BCUT2D eigenvalue weighted by molar-refractivity contribution is -0.282. The van der Waals surface area contributed by atoms with Crippen LogP contribution in [0, 0.1) is 5.41 Å². The Balaban J connectivity index is 2.89. The number of rotatable bonds is 1. The Morgan fingerprint density at radius 2 is 1.53 bits per heavy atom. The van der Waals surface area contributed by atoms with E-state index in [0.717, 1.165) is 6.42 Å². The first kappa shape index (κ1) is 14.3. The number of hydrogen-bond acceptors (Lipinski definition) is 2. The van der Waals surface area contributed by atoms with Gasteiger partial charge in [0.05, 0.1) is 5.41 Å². The van der Waals surface area contributed by atoms with Gasteiger partial charge in [0.1, 0.15) is 0 Å². The van der Waals surface area contributed by atoms with Crippen LogP contribution in [0.5, 0.6) is 0 Å². The van der Waals surface area contributed by atoms with Gasteiger partial charge in [-0.2, -0.15) is 13.2 Å². The number of ether oxygens (including phenoxy) is 1. The molecule has 2 nitrogen and oxygen atoms in total. The van der Waals surface area contributed by atoms with Crippen LogP contribution in [0.1, 0.15) is 52.9 Å². The van der Waals surface area contributed by atoms with Crippen LogP contribution < -0.4 is 0 Å². The van der Waals surface area contributed by atoms with Crippen LogP contribution in [0.25, 0.3) is 0 Å². The number of carbonyl (C=O) groups excluding carboxylic acids is 1. The Morgan fingerprint density at radius 1 is 1.06 bits per heavy atom. The number of hydrogen-bond donors (Lipinski definition) is 0. The van der Waals surface area contributed by atoms with Crippen LogP contribution in [0.4, 0.5) is 13.2 Å². The lowest BCUT2D eigenvalue weighted by Gasteiger charge is -2.39. The van der Waals surface area contributed by atoms with E-state index >= 15 is 0 Å². The fraction of sp³-hybridized carbons (Fsp3) is 0.917. The molecule has 0 bridgehead atoms. The molecule has 1 saturated carbocycles. The fourth-order valence-corrected chi connectivity index (χ4v) is 1.90. The summed E-state index contributed by atoms with van der Waals surface area (Å²) in [6, 6.07) is 0. The minimum atomic E-state index is -4.48. The Bertz CT molecular complexity index is 283. The third-order valence-corrected chi connectivity index (χ3v) is 3.08. The summed E-state index contributed by atoms with van der Waals surface area (Å²) in [4.78, 5) is 11.7. The molecule has 0 spiro atoms. The first-order valence-corrected chi connectivity index (χ1v) is 5.89. The molecule has 0 aromatic heterocycles. The molecule has 1 aliphatic carbocycles. The van der Waals surface area contributed by atoms with E-state index in [1.807, 2.05) is 0 Å². The van der Waals surface area contributed by atoms with Gasteiger partial charge in [0.15, 0.2) is 0 Å². The predicted molar refractivity (Wildman–Crippen MR) is 57.4 cm³/mol. The molecule has 1 rings (SSSR count). The van der Waals surface area contributed by atoms with Crippen molar-refractivity contribution in [2.75, 3.05) is 0 Å². The minimum Gasteiger partial charge on any atom is -0.449 e. The average Bonchev–Trinajstić information content (AvgIpc) is 2.16. The van der Waals surface area contributed by atoms with Gasteiger partial charge in [-0.25, -0.2) is 0 Å². The summed E-state index contributed by atoms with van der Waals surface area (Å²) in [5, 5.41) is 0. The van der Waals surface area contributed by atoms with E-state index in [-0.39, 0.29) is 12.8 Å². The summed E-state index contributed by atoms with van der Waals surface area (Å²) in [6.07, 6.45) is -3.02. The van der Waals surface area contributed by atoms with Crippen molar-refractivity contribution < 1.29 is 22.7 Å². The maximum atomic E-state index is 13.1. The fourth-order valence-electron chi connectivity index (χ4n) is 1.90. The molecule has 17 heavy (non-hydrogen) atoms. The van der Waals surface area contributed by atoms with Crippen molar-refractivity contribution in [3.63, 3.8) is 0 Å². The van der Waals surface area contributed by atoms with Crippen molar-refractivity contribution in [1.29, 1.82) is 0 Å². The zero-order valence-corrected chi connectivity index (χ0v) is 10.5. The van der Waals surface area contributed by atoms with Crippen molar-refractivity contribution in [2.24, 2.45) is 5.41 Å². The van der Waals surface area contributed by atoms with Crippen LogP contribution in [-0.2, 0) is 9.53 Å². The quantitative estimate of drug-likeness (QED) is 0.663. The predicted octanol–water partition coefficient (Wildman–Crippen LogP) is 3.84. The molecule has 0 unspecified atom stereocenters. The SMILES string of the molecule is CC(C)(C)C(=O)OC1(C(F)(F)F)CCCCC1. The van der Waals surface area contributed by atoms with E-state index in [0.29, 0.717) is 12.8 Å². The topological polar surface area (TPSA) is 26.3 Å². The average molecular weight is 252 g/mol. The van der Waals surface area contributed by atoms with Crippen LogP contribution >= 0.6 is 0 Å². The number of halogens is 3. The Labute approximate surface area is 99.5 Å². The van der Waals surface area contributed by atoms with Crippen molar-refractivity contribution in [2.45, 2.75) is 64.7 Å². The van der Waals surface area contributed by atoms with Gasteiger partial charge in [-0.1, -0.05) is 6.42 Å². The van der Waals surface area contributed by atoms with E-state index < -0.39 is 23.2 Å². The highest BCUT2D eigenvalue weighted by molar-refractivity contribution is 5.75. The van der Waals surface area contributed by atoms with Crippen LogP contribution in [-0.4, -0.2) is 17.7 Å². The lowest BCUT2D eigenvalue weighted by atomic mass is 9.83. The molecule has 0 saturated heterocycles. The third-order valence-electron chi connectivity index (χ3n) is 3.08. The molecule has 0 amide bonds. The molecule has 0 atom stereocenters. The van der Waals surface area contributed by atoms with Gasteiger partial charge in [0, 0.05) is 0 Å². The van der Waals surface area contributed by atoms with Crippen LogP contribution in [0.15, 0.2) is 0 Å². The van der Waals surface area contributed by atoms with Gasteiger partial charge < -0.3 is 4.74 Å². The number of carbonyl (C=O) groups is 1. The zero-order chi connectivity index (χ0) is 13.3. The highest BCUT2D eigenvalue weighted by Gasteiger charge is 2.58. The number of esters is 1. The second-order valence-corrected chi connectivity index (χ2v) is 5.69. The summed E-state index contributed by atoms with van der Waals surface area (Å²) in [6.45, 7) is 4.67. The van der Waals surface area contributed by atoms with Gasteiger partial charge in [-0.05, 0) is 46.5 Å². The lowest BCUT2D eigenvalue weighted by Crippen LogP contribution is -2.51. The molecular weight excluding hydrogens is 233 g/mol. The Morgan fingerprint density at radius 3 is 1.88 bits per heavy atom. The van der Waals surface area contributed by atoms with Gasteiger partial charge in [0.2, 0.25) is 5.60 Å². The second kappa shape index (κ2) is 4.50. The largest absolute Gasteiger partial charge is 0.449 e. The van der Waals surface area contributed by atoms with Crippen molar-refractivity contribution in [1.82, 2.24) is 0 Å². The summed E-state index contributed by atoms with van der Waals surface area (Å²) < 4.78 is 44.0. The van der Waals surface area contributed by atoms with Crippen molar-refractivity contribution in [3.05, 3.63) is 0 Å². The third kappa shape index (κ3) is 3.13. The molecule has 1 fully saturated rings. The molecule has 0 radical (unpaired) electrons. The van der Waals surface area contributed by atoms with Gasteiger partial charge in [0.25, 0.3) is 0 Å². The van der Waals surface area contributed by atoms with E-state index in [9.17, 15) is 18.0 Å². The molecule has 0 aromatic carbocycles. The monoisotopic (exact) mass is 252 g/mol. The highest BCUT2D eigenvalue weighted by atomic mass is 19.4. The van der Waals surface area contributed by atoms with Crippen molar-refractivity contribution in [3.8, 4) is 0 Å². The number of alkyl halides is 3. The maximum absolute atomic E-state index is 13.1. The standard InChI is InChI=1S/C12H19F3O2/c1-10(2,3)9(16)17-11(12(13,14)15)7-5-4-6-8-11/h4-8H2,1-3H3. The molecule has 0 N–H and O–H groups in total. The second-order valence-electron chi connectivity index (χ2n) is 5.69. The van der Waals surface area contributed by atoms with E-state index in [1.165, 1.54) is 0 Å². The molecule has 100 valence electrons. The summed E-state index contributed by atoms with van der Waals surface area (Å²) in [5.74, 6) is -0.781. The minimum absolute atomic E-state index is 0.113. The zero-order valence-electron chi connectivity index (χ0n) is 10.5. The molecular formula is C12H19F3O2. The molecule has 0 heterocycles. The van der Waals surface area contributed by atoms with Gasteiger partial charge >= 0.3 is 12.1 Å². The van der Waals surface area contributed by atoms with Gasteiger partial charge in [-0.3, -0.25) is 4.79 Å². The molecule has 1 aliphatic rings. The summed E-state index contributed by atoms with van der Waals surface area (Å²) in [5.41, 5.74) is -3.16. The van der Waals surface area contributed by atoms with Crippen molar-refractivity contribution >= 4 is 5.97 Å². The summed E-state index contributed by atoms with van der Waals surface area (Å²) >= 11 is 0. The van der Waals surface area contributed by atoms with E-state index in [2.05, 4.69) is 0 Å². The Kier molecular flexibility index (Phi) is 3.79. The highest BCUT2D eigenvalue weighted by Crippen LogP contribution is 2.45. The van der Waals surface area contributed by atoms with Crippen LogP contribution in [0.3, 0.4) is 0 Å². The van der Waals surface area contributed by atoms with Crippen LogP contribution in [0.2, 0.25) is 0 Å². The molecule has 5 heteroatoms. The van der Waals surface area contributed by atoms with Gasteiger partial charge in [-0.15, -0.1) is 0 Å². The molecule has 0 aromatic rings. The van der Waals surface area contributed by atoms with E-state index in [1.54, 1.807) is 20.8 Å².